The standard InChI is InChI=1S/C13H14O4S/c1-3-4-10-12(13(14)17-2)18(15,16)11-8-6-5-7-9-11/h4-9,12H,1,10H2,2H3. The Morgan fingerprint density at radius 2 is 2.06 bits per heavy atom. The number of methoxy groups -OCH3 is 1. The number of benzene rings is 1. The molecule has 1 atom stereocenters. The highest BCUT2D eigenvalue weighted by Gasteiger charge is 2.33. The minimum Gasteiger partial charge on any atom is -0.468 e. The topological polar surface area (TPSA) is 60.4 Å². The summed E-state index contributed by atoms with van der Waals surface area (Å²) in [6.45, 7) is 3.35. The summed E-state index contributed by atoms with van der Waals surface area (Å²) >= 11 is 0. The smallest absolute Gasteiger partial charge is 0.324 e. The van der Waals surface area contributed by atoms with Crippen molar-refractivity contribution in [3.8, 4) is 0 Å². The van der Waals surface area contributed by atoms with Gasteiger partial charge in [-0.05, 0) is 18.2 Å². The molecule has 0 bridgehead atoms. The van der Waals surface area contributed by atoms with Crippen LogP contribution in [0.4, 0.5) is 0 Å². The summed E-state index contributed by atoms with van der Waals surface area (Å²) in [7, 11) is -2.60. The lowest BCUT2D eigenvalue weighted by Gasteiger charge is -2.13. The highest BCUT2D eigenvalue weighted by molar-refractivity contribution is 7.92. The number of ether oxygens (including phenoxy) is 1. The molecule has 4 nitrogen and oxygen atoms in total. The molecule has 18 heavy (non-hydrogen) atoms. The normalized spacial score (nSPS) is 12.3. The average Bonchev–Trinajstić information content (AvgIpc) is 2.39. The number of sulfone groups is 1. The van der Waals surface area contributed by atoms with E-state index in [0.29, 0.717) is 0 Å². The lowest BCUT2D eigenvalue weighted by molar-refractivity contribution is -0.140. The Kier molecular flexibility index (Phi) is 4.89. The maximum absolute atomic E-state index is 12.3. The van der Waals surface area contributed by atoms with Gasteiger partial charge in [0.15, 0.2) is 15.1 Å². The predicted octanol–water partition coefficient (Wildman–Crippen LogP) is 1.73. The quantitative estimate of drug-likeness (QED) is 0.601. The summed E-state index contributed by atoms with van der Waals surface area (Å²) < 4.78 is 29.1. The zero-order valence-electron chi connectivity index (χ0n) is 10.00. The fraction of sp³-hybridized carbons (Fsp3) is 0.231. The van der Waals surface area contributed by atoms with Crippen molar-refractivity contribution in [2.24, 2.45) is 0 Å². The van der Waals surface area contributed by atoms with Crippen LogP contribution in [-0.2, 0) is 19.4 Å². The SMILES string of the molecule is C=C=CCC(C(=O)OC)S(=O)(=O)c1ccccc1. The number of carbonyl (C=O) groups is 1. The van der Waals surface area contributed by atoms with Crippen molar-refractivity contribution in [1.29, 1.82) is 0 Å². The van der Waals surface area contributed by atoms with Crippen molar-refractivity contribution in [2.75, 3.05) is 7.11 Å². The van der Waals surface area contributed by atoms with Crippen LogP contribution in [0.5, 0.6) is 0 Å². The van der Waals surface area contributed by atoms with Gasteiger partial charge in [-0.15, -0.1) is 5.73 Å². The Morgan fingerprint density at radius 1 is 1.44 bits per heavy atom. The molecule has 1 rings (SSSR count). The van der Waals surface area contributed by atoms with Crippen LogP contribution in [0.25, 0.3) is 0 Å². The van der Waals surface area contributed by atoms with Crippen LogP contribution in [0.1, 0.15) is 6.42 Å². The molecule has 1 aromatic carbocycles. The number of allylic oxidation sites excluding steroid dienone is 1. The zero-order valence-corrected chi connectivity index (χ0v) is 10.8. The van der Waals surface area contributed by atoms with Crippen LogP contribution in [-0.4, -0.2) is 26.7 Å². The van der Waals surface area contributed by atoms with Gasteiger partial charge in [-0.25, -0.2) is 8.42 Å². The molecule has 0 fully saturated rings. The van der Waals surface area contributed by atoms with Crippen LogP contribution >= 0.6 is 0 Å². The van der Waals surface area contributed by atoms with Crippen LogP contribution < -0.4 is 0 Å². The van der Waals surface area contributed by atoms with Gasteiger partial charge >= 0.3 is 5.97 Å². The first-order valence-electron chi connectivity index (χ1n) is 5.25. The monoisotopic (exact) mass is 266 g/mol. The molecule has 1 aromatic rings. The van der Waals surface area contributed by atoms with Crippen molar-refractivity contribution in [1.82, 2.24) is 0 Å². The summed E-state index contributed by atoms with van der Waals surface area (Å²) in [5.74, 6) is -0.787. The van der Waals surface area contributed by atoms with Gasteiger partial charge in [0.25, 0.3) is 0 Å². The zero-order chi connectivity index (χ0) is 13.6. The predicted molar refractivity (Wildman–Crippen MR) is 67.8 cm³/mol. The Labute approximate surface area is 107 Å². The van der Waals surface area contributed by atoms with E-state index in [-0.39, 0.29) is 11.3 Å². The summed E-state index contributed by atoms with van der Waals surface area (Å²) in [4.78, 5) is 11.7. The molecule has 0 aliphatic rings. The fourth-order valence-corrected chi connectivity index (χ4v) is 3.01. The molecule has 0 saturated heterocycles. The van der Waals surface area contributed by atoms with E-state index in [4.69, 9.17) is 0 Å². The van der Waals surface area contributed by atoms with E-state index in [1.165, 1.54) is 18.2 Å². The number of rotatable bonds is 5. The molecule has 0 aliphatic heterocycles. The Balaban J connectivity index is 3.19. The number of esters is 1. The third kappa shape index (κ3) is 3.09. The molecule has 0 heterocycles. The third-order valence-corrected chi connectivity index (χ3v) is 4.45. The lowest BCUT2D eigenvalue weighted by Crippen LogP contribution is -2.31. The van der Waals surface area contributed by atoms with Gasteiger partial charge in [-0.1, -0.05) is 24.8 Å². The van der Waals surface area contributed by atoms with Crippen LogP contribution in [0.15, 0.2) is 53.6 Å². The van der Waals surface area contributed by atoms with Gasteiger partial charge in [-0.2, -0.15) is 0 Å². The molecule has 0 spiro atoms. The van der Waals surface area contributed by atoms with Crippen LogP contribution in [0.3, 0.4) is 0 Å². The third-order valence-electron chi connectivity index (χ3n) is 2.39. The second-order valence-corrected chi connectivity index (χ2v) is 5.64. The maximum atomic E-state index is 12.3. The molecule has 0 amide bonds. The molecule has 0 aromatic heterocycles. The number of hydrogen-bond donors (Lipinski definition) is 0. The van der Waals surface area contributed by atoms with Gasteiger partial charge in [-0.3, -0.25) is 4.79 Å². The Hall–Kier alpha value is -1.84. The molecule has 0 aliphatic carbocycles. The summed E-state index contributed by atoms with van der Waals surface area (Å²) in [6.07, 6.45) is 1.40. The van der Waals surface area contributed by atoms with E-state index >= 15 is 0 Å². The van der Waals surface area contributed by atoms with E-state index in [2.05, 4.69) is 17.0 Å². The van der Waals surface area contributed by atoms with Gasteiger partial charge in [0.1, 0.15) is 0 Å². The summed E-state index contributed by atoms with van der Waals surface area (Å²) in [5.41, 5.74) is 2.45. The van der Waals surface area contributed by atoms with Gasteiger partial charge in [0, 0.05) is 6.42 Å². The molecule has 0 saturated carbocycles. The Morgan fingerprint density at radius 3 is 2.56 bits per heavy atom. The van der Waals surface area contributed by atoms with Crippen molar-refractivity contribution < 1.29 is 17.9 Å². The maximum Gasteiger partial charge on any atom is 0.324 e. The highest BCUT2D eigenvalue weighted by Crippen LogP contribution is 2.19. The lowest BCUT2D eigenvalue weighted by atomic mass is 10.3. The first-order chi connectivity index (χ1) is 8.54. The molecule has 0 N–H and O–H groups in total. The van der Waals surface area contributed by atoms with E-state index in [0.717, 1.165) is 7.11 Å². The second kappa shape index (κ2) is 6.19. The van der Waals surface area contributed by atoms with Gasteiger partial charge in [0.05, 0.1) is 12.0 Å². The van der Waals surface area contributed by atoms with E-state index in [1.807, 2.05) is 0 Å². The average molecular weight is 266 g/mol. The molecule has 1 unspecified atom stereocenters. The van der Waals surface area contributed by atoms with E-state index in [1.54, 1.807) is 18.2 Å². The van der Waals surface area contributed by atoms with Crippen molar-refractivity contribution in [3.63, 3.8) is 0 Å². The number of hydrogen-bond acceptors (Lipinski definition) is 4. The highest BCUT2D eigenvalue weighted by atomic mass is 32.2. The van der Waals surface area contributed by atoms with Crippen molar-refractivity contribution in [3.05, 3.63) is 48.7 Å². The van der Waals surface area contributed by atoms with Crippen molar-refractivity contribution >= 4 is 15.8 Å². The summed E-state index contributed by atoms with van der Waals surface area (Å²) in [5, 5.41) is -1.26. The minimum atomic E-state index is -3.76. The van der Waals surface area contributed by atoms with E-state index < -0.39 is 21.1 Å². The number of carbonyl (C=O) groups excluding carboxylic acids is 1. The second-order valence-electron chi connectivity index (χ2n) is 3.51. The van der Waals surface area contributed by atoms with Crippen molar-refractivity contribution in [2.45, 2.75) is 16.6 Å². The molecular weight excluding hydrogens is 252 g/mol. The fourth-order valence-electron chi connectivity index (χ4n) is 1.45. The summed E-state index contributed by atoms with van der Waals surface area (Å²) in [6, 6.07) is 7.80. The minimum absolute atomic E-state index is 0.00655. The van der Waals surface area contributed by atoms with Gasteiger partial charge in [0.2, 0.25) is 0 Å². The van der Waals surface area contributed by atoms with Crippen LogP contribution in [0.2, 0.25) is 0 Å². The van der Waals surface area contributed by atoms with Crippen LogP contribution in [0, 0.1) is 0 Å². The molecule has 96 valence electrons. The molecular formula is C13H14O4S. The van der Waals surface area contributed by atoms with Gasteiger partial charge < -0.3 is 4.74 Å². The molecule has 0 radical (unpaired) electrons. The molecule has 5 heteroatoms. The first-order valence-corrected chi connectivity index (χ1v) is 6.79. The Bertz CT molecular complexity index is 554. The first kappa shape index (κ1) is 14.2. The van der Waals surface area contributed by atoms with E-state index in [9.17, 15) is 13.2 Å². The largest absolute Gasteiger partial charge is 0.468 e.